The van der Waals surface area contributed by atoms with Crippen LogP contribution in [-0.4, -0.2) is 116 Å². The number of carboxylic acids is 1. The number of nitrogens with one attached hydrogen (secondary N) is 1. The molecule has 3 rings (SSSR count). The maximum Gasteiger partial charge on any atom is 0.335 e. The van der Waals surface area contributed by atoms with Gasteiger partial charge in [0, 0.05) is 5.56 Å². The first-order valence-electron chi connectivity index (χ1n) is 9.72. The van der Waals surface area contributed by atoms with E-state index in [0.717, 1.165) is 0 Å². The molecule has 1 aromatic rings. The van der Waals surface area contributed by atoms with E-state index in [9.17, 15) is 45.3 Å². The van der Waals surface area contributed by atoms with Gasteiger partial charge in [0.25, 0.3) is 5.91 Å². The molecule has 32 heavy (non-hydrogen) atoms. The summed E-state index contributed by atoms with van der Waals surface area (Å²) in [6.45, 7) is -0.745. The van der Waals surface area contributed by atoms with E-state index in [-0.39, 0.29) is 5.56 Å². The highest BCUT2D eigenvalue weighted by atomic mass is 16.7. The van der Waals surface area contributed by atoms with E-state index in [2.05, 4.69) is 5.32 Å². The zero-order valence-electron chi connectivity index (χ0n) is 16.5. The van der Waals surface area contributed by atoms with Crippen molar-refractivity contribution in [3.8, 4) is 0 Å². The Balaban J connectivity index is 1.84. The molecule has 2 fully saturated rings. The molecule has 13 heteroatoms. The normalized spacial score (nSPS) is 39.9. The second kappa shape index (κ2) is 10.2. The summed E-state index contributed by atoms with van der Waals surface area (Å²) in [6.07, 6.45) is -16.1. The fourth-order valence-electron chi connectivity index (χ4n) is 3.54. The second-order valence-corrected chi connectivity index (χ2v) is 7.44. The van der Waals surface area contributed by atoms with Gasteiger partial charge in [-0.15, -0.1) is 0 Å². The number of rotatable bonds is 6. The van der Waals surface area contributed by atoms with Crippen LogP contribution in [0.1, 0.15) is 10.4 Å². The molecule has 2 heterocycles. The number of hydrogen-bond donors (Lipinski definition) is 8. The molecule has 1 aromatic carbocycles. The molecule has 8 N–H and O–H groups in total. The first kappa shape index (κ1) is 24.4. The molecule has 13 nitrogen and oxygen atoms in total. The molecule has 0 bridgehead atoms. The van der Waals surface area contributed by atoms with Gasteiger partial charge in [0.15, 0.2) is 18.7 Å². The number of carbonyl (C=O) groups is 2. The summed E-state index contributed by atoms with van der Waals surface area (Å²) in [4.78, 5) is 23.9. The first-order valence-corrected chi connectivity index (χ1v) is 9.72. The lowest BCUT2D eigenvalue weighted by molar-refractivity contribution is -0.336. The first-order chi connectivity index (χ1) is 15.1. The van der Waals surface area contributed by atoms with Crippen molar-refractivity contribution in [2.75, 3.05) is 6.61 Å². The van der Waals surface area contributed by atoms with Gasteiger partial charge in [-0.2, -0.15) is 0 Å². The van der Waals surface area contributed by atoms with Crippen LogP contribution in [0.2, 0.25) is 0 Å². The van der Waals surface area contributed by atoms with Crippen LogP contribution < -0.4 is 5.32 Å². The number of aliphatic hydroxyl groups is 6. The summed E-state index contributed by atoms with van der Waals surface area (Å²) in [5.41, 5.74) is 0.204. The van der Waals surface area contributed by atoms with E-state index in [1.807, 2.05) is 0 Å². The van der Waals surface area contributed by atoms with Gasteiger partial charge >= 0.3 is 5.97 Å². The molecule has 0 aromatic heterocycles. The Hall–Kier alpha value is -2.20. The van der Waals surface area contributed by atoms with E-state index in [1.165, 1.54) is 12.1 Å². The zero-order valence-corrected chi connectivity index (χ0v) is 16.5. The Labute approximate surface area is 181 Å². The van der Waals surface area contributed by atoms with Crippen molar-refractivity contribution in [2.45, 2.75) is 61.3 Å². The van der Waals surface area contributed by atoms with E-state index in [4.69, 9.17) is 14.2 Å². The van der Waals surface area contributed by atoms with Crippen molar-refractivity contribution in [2.24, 2.45) is 0 Å². The minimum Gasteiger partial charge on any atom is -0.479 e. The molecule has 10 atom stereocenters. The van der Waals surface area contributed by atoms with Crippen LogP contribution in [0.25, 0.3) is 0 Å². The van der Waals surface area contributed by atoms with Crippen molar-refractivity contribution in [1.29, 1.82) is 0 Å². The number of carbonyl (C=O) groups excluding carboxylic acids is 1. The van der Waals surface area contributed by atoms with Gasteiger partial charge in [0.2, 0.25) is 0 Å². The largest absolute Gasteiger partial charge is 0.479 e. The number of ether oxygens (including phenoxy) is 3. The monoisotopic (exact) mass is 459 g/mol. The molecule has 0 saturated carbocycles. The van der Waals surface area contributed by atoms with Gasteiger partial charge in [-0.05, 0) is 12.1 Å². The number of benzene rings is 1. The summed E-state index contributed by atoms with van der Waals surface area (Å²) in [5, 5.41) is 71.9. The summed E-state index contributed by atoms with van der Waals surface area (Å²) >= 11 is 0. The number of carboxylic acid groups (broad SMARTS) is 1. The third kappa shape index (κ3) is 4.91. The highest BCUT2D eigenvalue weighted by molar-refractivity contribution is 5.94. The topological polar surface area (TPSA) is 215 Å². The average molecular weight is 459 g/mol. The highest BCUT2D eigenvalue weighted by Crippen LogP contribution is 2.29. The average Bonchev–Trinajstić information content (AvgIpc) is 2.78. The van der Waals surface area contributed by atoms with Gasteiger partial charge < -0.3 is 55.3 Å². The van der Waals surface area contributed by atoms with Gasteiger partial charge in [-0.3, -0.25) is 4.79 Å². The van der Waals surface area contributed by atoms with Crippen LogP contribution in [0, 0.1) is 0 Å². The quantitative estimate of drug-likeness (QED) is 0.205. The van der Waals surface area contributed by atoms with Crippen molar-refractivity contribution >= 4 is 11.9 Å². The fourth-order valence-corrected chi connectivity index (χ4v) is 3.54. The molecular weight excluding hydrogens is 434 g/mol. The lowest BCUT2D eigenvalue weighted by Crippen LogP contribution is -2.68. The minimum absolute atomic E-state index is 0.204. The Morgan fingerprint density at radius 2 is 1.59 bits per heavy atom. The smallest absolute Gasteiger partial charge is 0.335 e. The van der Waals surface area contributed by atoms with Crippen molar-refractivity contribution in [3.05, 3.63) is 35.9 Å². The maximum absolute atomic E-state index is 12.6. The number of amides is 1. The minimum atomic E-state index is -1.97. The zero-order chi connectivity index (χ0) is 23.6. The van der Waals surface area contributed by atoms with Crippen LogP contribution in [0.5, 0.6) is 0 Å². The maximum atomic E-state index is 12.6. The summed E-state index contributed by atoms with van der Waals surface area (Å²) in [6, 6.07) is 6.38. The Morgan fingerprint density at radius 1 is 0.938 bits per heavy atom. The Morgan fingerprint density at radius 3 is 2.19 bits per heavy atom. The van der Waals surface area contributed by atoms with Crippen LogP contribution in [0.4, 0.5) is 0 Å². The van der Waals surface area contributed by atoms with E-state index in [0.29, 0.717) is 0 Å². The van der Waals surface area contributed by atoms with Gasteiger partial charge in [0.1, 0.15) is 42.7 Å². The van der Waals surface area contributed by atoms with Gasteiger partial charge in [0.05, 0.1) is 6.61 Å². The number of aliphatic hydroxyl groups excluding tert-OH is 6. The lowest BCUT2D eigenvalue weighted by Gasteiger charge is -2.46. The Kier molecular flexibility index (Phi) is 7.76. The molecule has 2 saturated heterocycles. The second-order valence-electron chi connectivity index (χ2n) is 7.44. The summed E-state index contributed by atoms with van der Waals surface area (Å²) in [7, 11) is 0. The molecular formula is C19H25NO12. The van der Waals surface area contributed by atoms with Crippen LogP contribution in [-0.2, 0) is 19.0 Å². The van der Waals surface area contributed by atoms with E-state index < -0.39 is 79.8 Å². The molecule has 0 aliphatic carbocycles. The van der Waals surface area contributed by atoms with Gasteiger partial charge in [-0.25, -0.2) is 4.79 Å². The third-order valence-electron chi connectivity index (χ3n) is 5.31. The molecule has 2 aliphatic rings. The fraction of sp³-hybridized carbons (Fsp3) is 0.579. The highest BCUT2D eigenvalue weighted by Gasteiger charge is 2.52. The molecule has 2 aliphatic heterocycles. The van der Waals surface area contributed by atoms with E-state index >= 15 is 0 Å². The standard InChI is InChI=1S/C19H25NO12/c21-6-8-10(22)14(31-19-13(25)11(23)12(24)15(32-19)17(27)28)9(18(29)30-8)20-16(26)7-4-2-1-3-5-7/h1-5,8-15,18-19,21-25,29H,6H2,(H,20,26)(H,27,28)/t8-,9-,10+,11+,12+,13-,14-,15+,18-,19-/m1/s1. The molecule has 0 spiro atoms. The number of aliphatic carboxylic acids is 1. The molecule has 0 radical (unpaired) electrons. The van der Waals surface area contributed by atoms with Crippen molar-refractivity contribution in [1.82, 2.24) is 5.32 Å². The van der Waals surface area contributed by atoms with Crippen LogP contribution in [0.3, 0.4) is 0 Å². The predicted molar refractivity (Wildman–Crippen MR) is 101 cm³/mol. The van der Waals surface area contributed by atoms with Crippen LogP contribution in [0.15, 0.2) is 30.3 Å². The predicted octanol–water partition coefficient (Wildman–Crippen LogP) is -3.87. The number of hydrogen-bond acceptors (Lipinski definition) is 11. The molecule has 178 valence electrons. The molecule has 0 unspecified atom stereocenters. The third-order valence-corrected chi connectivity index (χ3v) is 5.31. The van der Waals surface area contributed by atoms with E-state index in [1.54, 1.807) is 18.2 Å². The summed E-state index contributed by atoms with van der Waals surface area (Å²) in [5.74, 6) is -2.32. The van der Waals surface area contributed by atoms with Crippen LogP contribution >= 0.6 is 0 Å². The lowest BCUT2D eigenvalue weighted by atomic mass is 9.95. The van der Waals surface area contributed by atoms with Gasteiger partial charge in [-0.1, -0.05) is 18.2 Å². The SMILES string of the molecule is O=C(N[C@@H]1[C@@H](O[C@@H]2O[C@H](C(=O)O)[C@@H](O)[C@H](O)[C@H]2O)[C@@H](O)[C@@H](CO)O[C@H]1O)c1ccccc1. The van der Waals surface area contributed by atoms with Crippen molar-refractivity contribution < 1.29 is 59.5 Å². The summed E-state index contributed by atoms with van der Waals surface area (Å²) < 4.78 is 15.6. The van der Waals surface area contributed by atoms with Crippen molar-refractivity contribution in [3.63, 3.8) is 0 Å². The Bertz CT molecular complexity index is 794. The molecule has 1 amide bonds.